The molecule has 0 aliphatic heterocycles. The van der Waals surface area contributed by atoms with Gasteiger partial charge in [0.15, 0.2) is 5.57 Å². The van der Waals surface area contributed by atoms with Gasteiger partial charge in [-0.05, 0) is 29.6 Å². The number of carbonyl (C=O) groups is 2. The summed E-state index contributed by atoms with van der Waals surface area (Å²) < 4.78 is 9.60. The normalized spacial score (nSPS) is 11.6. The minimum absolute atomic E-state index is 0.131. The molecule has 1 aromatic carbocycles. The van der Waals surface area contributed by atoms with E-state index in [9.17, 15) is 9.59 Å². The van der Waals surface area contributed by atoms with Crippen molar-refractivity contribution in [3.63, 3.8) is 0 Å². The Morgan fingerprint density at radius 3 is 1.77 bits per heavy atom. The smallest absolute Gasteiger partial charge is 0.347 e. The summed E-state index contributed by atoms with van der Waals surface area (Å²) in [5.74, 6) is -1.46. The highest BCUT2D eigenvalue weighted by molar-refractivity contribution is 6.15. The van der Waals surface area contributed by atoms with E-state index < -0.39 is 11.9 Å². The number of rotatable bonds is 5. The first-order chi connectivity index (χ1) is 12.0. The Labute approximate surface area is 156 Å². The maximum atomic E-state index is 12.2. The fourth-order valence-electron chi connectivity index (χ4n) is 2.52. The highest BCUT2D eigenvalue weighted by Gasteiger charge is 2.27. The third kappa shape index (κ3) is 5.22. The third-order valence-electron chi connectivity index (χ3n) is 3.97. The zero-order valence-electron chi connectivity index (χ0n) is 17.0. The van der Waals surface area contributed by atoms with Crippen molar-refractivity contribution in [2.45, 2.75) is 27.7 Å². The van der Waals surface area contributed by atoms with Crippen LogP contribution in [-0.2, 0) is 19.1 Å². The zero-order chi connectivity index (χ0) is 20.1. The SMILES string of the molecule is COC(=O)C(C(=O)OC)=C(/C=C(/c1ccc(C)cc1)C(C)(C)C)N(C)C. The minimum atomic E-state index is -0.728. The topological polar surface area (TPSA) is 55.8 Å². The first-order valence-corrected chi connectivity index (χ1v) is 8.40. The summed E-state index contributed by atoms with van der Waals surface area (Å²) in [6.07, 6.45) is 1.86. The van der Waals surface area contributed by atoms with E-state index in [-0.39, 0.29) is 11.0 Å². The van der Waals surface area contributed by atoms with Crippen molar-refractivity contribution in [2.75, 3.05) is 28.3 Å². The molecule has 0 bridgehead atoms. The lowest BCUT2D eigenvalue weighted by Gasteiger charge is -2.26. The lowest BCUT2D eigenvalue weighted by molar-refractivity contribution is -0.144. The molecular formula is C21H29NO4. The number of benzene rings is 1. The standard InChI is InChI=1S/C21H29NO4/c1-14-9-11-15(12-10-14)16(21(2,3)4)13-17(22(5)6)18(19(23)25-7)20(24)26-8/h9-13H,1-8H3/b16-13-. The number of hydrogen-bond acceptors (Lipinski definition) is 5. The summed E-state index contributed by atoms with van der Waals surface area (Å²) >= 11 is 0. The van der Waals surface area contributed by atoms with Crippen LogP contribution in [0.4, 0.5) is 0 Å². The van der Waals surface area contributed by atoms with Crippen LogP contribution < -0.4 is 0 Å². The summed E-state index contributed by atoms with van der Waals surface area (Å²) in [6, 6.07) is 8.15. The van der Waals surface area contributed by atoms with Crippen molar-refractivity contribution in [3.8, 4) is 0 Å². The first kappa shape index (κ1) is 21.5. The Kier molecular flexibility index (Phi) is 7.19. The van der Waals surface area contributed by atoms with Gasteiger partial charge < -0.3 is 14.4 Å². The highest BCUT2D eigenvalue weighted by atomic mass is 16.5. The van der Waals surface area contributed by atoms with Gasteiger partial charge in [-0.25, -0.2) is 9.59 Å². The lowest BCUT2D eigenvalue weighted by Crippen LogP contribution is -2.24. The van der Waals surface area contributed by atoms with Crippen molar-refractivity contribution in [1.29, 1.82) is 0 Å². The molecule has 142 valence electrons. The number of allylic oxidation sites excluding steroid dienone is 2. The Morgan fingerprint density at radius 2 is 1.42 bits per heavy atom. The predicted molar refractivity (Wildman–Crippen MR) is 103 cm³/mol. The van der Waals surface area contributed by atoms with Gasteiger partial charge in [0.05, 0.1) is 19.9 Å². The second kappa shape index (κ2) is 8.70. The molecule has 5 heteroatoms. The molecule has 0 heterocycles. The van der Waals surface area contributed by atoms with E-state index in [1.54, 1.807) is 19.0 Å². The zero-order valence-corrected chi connectivity index (χ0v) is 17.0. The molecule has 0 aromatic heterocycles. The van der Waals surface area contributed by atoms with Gasteiger partial charge in [0.1, 0.15) is 0 Å². The molecule has 5 nitrogen and oxygen atoms in total. The second-order valence-corrected chi connectivity index (χ2v) is 7.31. The predicted octanol–water partition coefficient (Wildman–Crippen LogP) is 3.59. The van der Waals surface area contributed by atoms with Crippen LogP contribution >= 0.6 is 0 Å². The average Bonchev–Trinajstić information content (AvgIpc) is 2.57. The molecular weight excluding hydrogens is 330 g/mol. The molecule has 0 spiro atoms. The van der Waals surface area contributed by atoms with Gasteiger partial charge in [-0.3, -0.25) is 0 Å². The van der Waals surface area contributed by atoms with Crippen molar-refractivity contribution in [2.24, 2.45) is 5.41 Å². The fraction of sp³-hybridized carbons (Fsp3) is 0.429. The average molecular weight is 359 g/mol. The van der Waals surface area contributed by atoms with Crippen molar-refractivity contribution < 1.29 is 19.1 Å². The van der Waals surface area contributed by atoms with Crippen LogP contribution in [0.15, 0.2) is 41.6 Å². The second-order valence-electron chi connectivity index (χ2n) is 7.31. The van der Waals surface area contributed by atoms with Crippen LogP contribution in [-0.4, -0.2) is 45.2 Å². The van der Waals surface area contributed by atoms with Gasteiger partial charge in [-0.15, -0.1) is 0 Å². The number of methoxy groups -OCH3 is 2. The summed E-state index contributed by atoms with van der Waals surface area (Å²) in [5.41, 5.74) is 3.27. The van der Waals surface area contributed by atoms with Crippen molar-refractivity contribution in [3.05, 3.63) is 52.7 Å². The third-order valence-corrected chi connectivity index (χ3v) is 3.97. The molecule has 0 aliphatic rings. The van der Waals surface area contributed by atoms with Gasteiger partial charge in [0.25, 0.3) is 0 Å². The van der Waals surface area contributed by atoms with Gasteiger partial charge in [-0.1, -0.05) is 50.6 Å². The first-order valence-electron chi connectivity index (χ1n) is 8.40. The maximum absolute atomic E-state index is 12.2. The number of carbonyl (C=O) groups excluding carboxylic acids is 2. The number of ether oxygens (including phenoxy) is 2. The molecule has 0 saturated carbocycles. The van der Waals surface area contributed by atoms with E-state index >= 15 is 0 Å². The van der Waals surface area contributed by atoms with Crippen molar-refractivity contribution in [1.82, 2.24) is 4.90 Å². The van der Waals surface area contributed by atoms with E-state index in [0.717, 1.165) is 16.7 Å². The fourth-order valence-corrected chi connectivity index (χ4v) is 2.52. The highest BCUT2D eigenvalue weighted by Crippen LogP contribution is 2.36. The van der Waals surface area contributed by atoms with Gasteiger partial charge in [0.2, 0.25) is 0 Å². The number of nitrogens with zero attached hydrogens (tertiary/aromatic N) is 1. The molecule has 0 amide bonds. The van der Waals surface area contributed by atoms with E-state index in [0.29, 0.717) is 5.70 Å². The molecule has 1 aromatic rings. The van der Waals surface area contributed by atoms with Crippen LogP contribution in [0, 0.1) is 12.3 Å². The number of hydrogen-bond donors (Lipinski definition) is 0. The molecule has 0 unspecified atom stereocenters. The van der Waals surface area contributed by atoms with Crippen LogP contribution in [0.25, 0.3) is 5.57 Å². The molecule has 0 radical (unpaired) electrons. The lowest BCUT2D eigenvalue weighted by atomic mass is 9.81. The largest absolute Gasteiger partial charge is 0.465 e. The van der Waals surface area contributed by atoms with Gasteiger partial charge in [0, 0.05) is 14.1 Å². The van der Waals surface area contributed by atoms with Crippen LogP contribution in [0.1, 0.15) is 31.9 Å². The molecule has 0 fully saturated rings. The Hall–Kier alpha value is -2.56. The molecule has 1 rings (SSSR count). The van der Waals surface area contributed by atoms with Gasteiger partial charge in [-0.2, -0.15) is 0 Å². The number of esters is 2. The van der Waals surface area contributed by atoms with Crippen LogP contribution in [0.3, 0.4) is 0 Å². The molecule has 26 heavy (non-hydrogen) atoms. The summed E-state index contributed by atoms with van der Waals surface area (Å²) in [5, 5.41) is 0. The molecule has 0 atom stereocenters. The van der Waals surface area contributed by atoms with Gasteiger partial charge >= 0.3 is 11.9 Å². The Balaban J connectivity index is 3.76. The molecule has 0 saturated heterocycles. The minimum Gasteiger partial charge on any atom is -0.465 e. The molecule has 0 N–H and O–H groups in total. The Bertz CT molecular complexity index is 701. The van der Waals surface area contributed by atoms with Crippen LogP contribution in [0.2, 0.25) is 0 Å². The van der Waals surface area contributed by atoms with E-state index in [1.807, 2.05) is 37.3 Å². The van der Waals surface area contributed by atoms with Crippen molar-refractivity contribution >= 4 is 17.5 Å². The summed E-state index contributed by atoms with van der Waals surface area (Å²) in [7, 11) is 6.03. The maximum Gasteiger partial charge on any atom is 0.347 e. The number of aryl methyl sites for hydroxylation is 1. The summed E-state index contributed by atoms with van der Waals surface area (Å²) in [6.45, 7) is 8.29. The Morgan fingerprint density at radius 1 is 0.962 bits per heavy atom. The number of likely N-dealkylation sites (N-methyl/N-ethyl adjacent to an activating group) is 1. The quantitative estimate of drug-likeness (QED) is 0.264. The van der Waals surface area contributed by atoms with E-state index in [2.05, 4.69) is 20.8 Å². The summed E-state index contributed by atoms with van der Waals surface area (Å²) in [4.78, 5) is 26.2. The van der Waals surface area contributed by atoms with Crippen LogP contribution in [0.5, 0.6) is 0 Å². The van der Waals surface area contributed by atoms with E-state index in [1.165, 1.54) is 14.2 Å². The monoisotopic (exact) mass is 359 g/mol. The van der Waals surface area contributed by atoms with E-state index in [4.69, 9.17) is 9.47 Å². The molecule has 0 aliphatic carbocycles.